The summed E-state index contributed by atoms with van der Waals surface area (Å²) in [4.78, 5) is 12.8. The molecule has 1 aliphatic carbocycles. The van der Waals surface area contributed by atoms with E-state index in [2.05, 4.69) is 21.2 Å². The van der Waals surface area contributed by atoms with Crippen molar-refractivity contribution in [3.63, 3.8) is 0 Å². The van der Waals surface area contributed by atoms with Gasteiger partial charge in [0.15, 0.2) is 0 Å². The molecule has 1 fully saturated rings. The van der Waals surface area contributed by atoms with E-state index in [4.69, 9.17) is 0 Å². The molecule has 1 atom stereocenters. The first-order valence-electron chi connectivity index (χ1n) is 10.1. The smallest absolute Gasteiger partial charge is 0.243 e. The third-order valence-electron chi connectivity index (χ3n) is 5.43. The first-order chi connectivity index (χ1) is 14.3. The van der Waals surface area contributed by atoms with Crippen molar-refractivity contribution in [3.05, 3.63) is 64.4 Å². The Labute approximate surface area is 185 Å². The van der Waals surface area contributed by atoms with Crippen LogP contribution in [0.4, 0.5) is 4.39 Å². The van der Waals surface area contributed by atoms with Gasteiger partial charge in [0.2, 0.25) is 15.9 Å². The lowest BCUT2D eigenvalue weighted by molar-refractivity contribution is -0.122. The molecule has 0 spiro atoms. The van der Waals surface area contributed by atoms with E-state index in [0.717, 1.165) is 54.3 Å². The minimum absolute atomic E-state index is 0.00214. The summed E-state index contributed by atoms with van der Waals surface area (Å²) < 4.78 is 42.1. The molecule has 1 amide bonds. The molecule has 0 saturated heterocycles. The van der Waals surface area contributed by atoms with Crippen LogP contribution in [0.2, 0.25) is 0 Å². The number of carbonyl (C=O) groups is 1. The molecule has 3 rings (SSSR count). The summed E-state index contributed by atoms with van der Waals surface area (Å²) in [5, 5.41) is 2.90. The van der Waals surface area contributed by atoms with E-state index < -0.39 is 15.8 Å². The van der Waals surface area contributed by atoms with Crippen molar-refractivity contribution >= 4 is 31.9 Å². The van der Waals surface area contributed by atoms with Crippen molar-refractivity contribution in [1.82, 2.24) is 9.62 Å². The van der Waals surface area contributed by atoms with Gasteiger partial charge in [0, 0.05) is 10.5 Å². The Kier molecular flexibility index (Phi) is 7.65. The van der Waals surface area contributed by atoms with Gasteiger partial charge in [0.05, 0.1) is 17.5 Å². The average molecular weight is 497 g/mol. The standard InChI is InChI=1S/C22H26BrFN2O3S/c1-16(17-6-5-7-18(23)14-17)25-22(27)15-26(20-8-3-2-4-9-20)30(28,29)21-12-10-19(24)11-13-21/h5-7,10-14,16,20H,2-4,8-9,15H2,1H3,(H,25,27). The van der Waals surface area contributed by atoms with Gasteiger partial charge in [-0.3, -0.25) is 4.79 Å². The molecule has 0 heterocycles. The minimum atomic E-state index is -3.92. The third kappa shape index (κ3) is 5.68. The quantitative estimate of drug-likeness (QED) is 0.599. The van der Waals surface area contributed by atoms with Gasteiger partial charge in [-0.2, -0.15) is 4.31 Å². The first kappa shape index (κ1) is 22.9. The Morgan fingerprint density at radius 2 is 1.83 bits per heavy atom. The second-order valence-electron chi connectivity index (χ2n) is 7.64. The zero-order chi connectivity index (χ0) is 21.7. The SMILES string of the molecule is CC(NC(=O)CN(C1CCCCC1)S(=O)(=O)c1ccc(F)cc1)c1cccc(Br)c1. The van der Waals surface area contributed by atoms with E-state index in [1.165, 1.54) is 16.4 Å². The lowest BCUT2D eigenvalue weighted by Crippen LogP contribution is -2.47. The van der Waals surface area contributed by atoms with Crippen LogP contribution in [0.25, 0.3) is 0 Å². The molecule has 1 aliphatic rings. The van der Waals surface area contributed by atoms with E-state index in [-0.39, 0.29) is 29.4 Å². The number of rotatable bonds is 7. The fraction of sp³-hybridized carbons (Fsp3) is 0.409. The zero-order valence-electron chi connectivity index (χ0n) is 16.9. The normalized spacial score (nSPS) is 16.4. The van der Waals surface area contributed by atoms with Crippen molar-refractivity contribution < 1.29 is 17.6 Å². The third-order valence-corrected chi connectivity index (χ3v) is 7.83. The van der Waals surface area contributed by atoms with Crippen molar-refractivity contribution in [2.24, 2.45) is 0 Å². The number of hydrogen-bond acceptors (Lipinski definition) is 3. The van der Waals surface area contributed by atoms with Gasteiger partial charge < -0.3 is 5.32 Å². The van der Waals surface area contributed by atoms with Crippen molar-refractivity contribution in [1.29, 1.82) is 0 Å². The molecule has 1 N–H and O–H groups in total. The number of hydrogen-bond donors (Lipinski definition) is 1. The van der Waals surface area contributed by atoms with E-state index in [0.29, 0.717) is 0 Å². The van der Waals surface area contributed by atoms with Gasteiger partial charge in [0.1, 0.15) is 5.82 Å². The number of nitrogens with one attached hydrogen (secondary N) is 1. The Morgan fingerprint density at radius 1 is 1.17 bits per heavy atom. The summed E-state index contributed by atoms with van der Waals surface area (Å²) in [6.07, 6.45) is 4.35. The molecule has 0 radical (unpaired) electrons. The number of amides is 1. The fourth-order valence-electron chi connectivity index (χ4n) is 3.81. The van der Waals surface area contributed by atoms with Gasteiger partial charge >= 0.3 is 0 Å². The molecule has 2 aromatic rings. The van der Waals surface area contributed by atoms with E-state index in [1.54, 1.807) is 0 Å². The van der Waals surface area contributed by atoms with Gasteiger partial charge in [-0.15, -0.1) is 0 Å². The largest absolute Gasteiger partial charge is 0.348 e. The summed E-state index contributed by atoms with van der Waals surface area (Å²) in [5.41, 5.74) is 0.920. The molecule has 8 heteroatoms. The number of nitrogens with zero attached hydrogens (tertiary/aromatic N) is 1. The minimum Gasteiger partial charge on any atom is -0.348 e. The molecule has 1 saturated carbocycles. The summed E-state index contributed by atoms with van der Waals surface area (Å²) in [6.45, 7) is 1.60. The fourth-order valence-corrected chi connectivity index (χ4v) is 5.87. The maximum atomic E-state index is 13.3. The van der Waals surface area contributed by atoms with Crippen LogP contribution in [0.3, 0.4) is 0 Å². The molecule has 0 aliphatic heterocycles. The van der Waals surface area contributed by atoms with Crippen LogP contribution in [-0.2, 0) is 14.8 Å². The van der Waals surface area contributed by atoms with Crippen LogP contribution in [0.15, 0.2) is 57.9 Å². The monoisotopic (exact) mass is 496 g/mol. The average Bonchev–Trinajstić information content (AvgIpc) is 2.73. The second kappa shape index (κ2) is 10.0. The maximum absolute atomic E-state index is 13.3. The van der Waals surface area contributed by atoms with Gasteiger partial charge in [-0.1, -0.05) is 47.3 Å². The molecular weight excluding hydrogens is 471 g/mol. The van der Waals surface area contributed by atoms with Gasteiger partial charge in [0.25, 0.3) is 0 Å². The van der Waals surface area contributed by atoms with Crippen LogP contribution >= 0.6 is 15.9 Å². The molecule has 162 valence electrons. The summed E-state index contributed by atoms with van der Waals surface area (Å²) >= 11 is 3.42. The predicted molar refractivity (Wildman–Crippen MR) is 118 cm³/mol. The highest BCUT2D eigenvalue weighted by Crippen LogP contribution is 2.28. The molecule has 1 unspecified atom stereocenters. The van der Waals surface area contributed by atoms with Crippen molar-refractivity contribution in [2.45, 2.75) is 56.0 Å². The van der Waals surface area contributed by atoms with Crippen LogP contribution in [0, 0.1) is 5.82 Å². The van der Waals surface area contributed by atoms with E-state index >= 15 is 0 Å². The molecule has 0 aromatic heterocycles. The van der Waals surface area contributed by atoms with E-state index in [1.807, 2.05) is 31.2 Å². The van der Waals surface area contributed by atoms with Crippen LogP contribution in [0.5, 0.6) is 0 Å². The predicted octanol–water partition coefficient (Wildman–Crippen LogP) is 4.79. The number of halogens is 2. The molecule has 2 aromatic carbocycles. The van der Waals surface area contributed by atoms with Gasteiger partial charge in [-0.05, 0) is 61.7 Å². The Bertz CT molecular complexity index is 976. The van der Waals surface area contributed by atoms with Crippen molar-refractivity contribution in [3.8, 4) is 0 Å². The highest BCUT2D eigenvalue weighted by atomic mass is 79.9. The topological polar surface area (TPSA) is 66.5 Å². The highest BCUT2D eigenvalue weighted by molar-refractivity contribution is 9.10. The summed E-state index contributed by atoms with van der Waals surface area (Å²) in [6, 6.07) is 11.9. The Hall–Kier alpha value is -1.77. The Balaban J connectivity index is 1.80. The number of carbonyl (C=O) groups excluding carboxylic acids is 1. The lowest BCUT2D eigenvalue weighted by Gasteiger charge is -2.33. The first-order valence-corrected chi connectivity index (χ1v) is 12.3. The van der Waals surface area contributed by atoms with E-state index in [9.17, 15) is 17.6 Å². The highest BCUT2D eigenvalue weighted by Gasteiger charge is 2.34. The number of sulfonamides is 1. The second-order valence-corrected chi connectivity index (χ2v) is 10.4. The summed E-state index contributed by atoms with van der Waals surface area (Å²) in [5.74, 6) is -0.863. The summed E-state index contributed by atoms with van der Waals surface area (Å²) in [7, 11) is -3.92. The van der Waals surface area contributed by atoms with Crippen LogP contribution in [-0.4, -0.2) is 31.2 Å². The van der Waals surface area contributed by atoms with Gasteiger partial charge in [-0.25, -0.2) is 12.8 Å². The molecule has 0 bridgehead atoms. The lowest BCUT2D eigenvalue weighted by atomic mass is 9.95. The maximum Gasteiger partial charge on any atom is 0.243 e. The Morgan fingerprint density at radius 3 is 2.47 bits per heavy atom. The molecule has 30 heavy (non-hydrogen) atoms. The zero-order valence-corrected chi connectivity index (χ0v) is 19.3. The van der Waals surface area contributed by atoms with Crippen molar-refractivity contribution in [2.75, 3.05) is 6.54 Å². The van der Waals surface area contributed by atoms with Crippen LogP contribution < -0.4 is 5.32 Å². The molecular formula is C22H26BrFN2O3S. The van der Waals surface area contributed by atoms with Crippen LogP contribution in [0.1, 0.15) is 50.6 Å². The number of benzene rings is 2. The molecule has 5 nitrogen and oxygen atoms in total.